The largest absolute Gasteiger partial charge is 0.491 e. The zero-order valence-electron chi connectivity index (χ0n) is 39.3. The minimum absolute atomic E-state index is 0.0608. The molecule has 5 atom stereocenters. The number of hydrogen-bond acceptors (Lipinski definition) is 12. The van der Waals surface area contributed by atoms with Crippen LogP contribution in [-0.4, -0.2) is 120 Å². The van der Waals surface area contributed by atoms with Crippen LogP contribution in [0.15, 0.2) is 66.7 Å². The molecule has 0 spiro atoms. The quantitative estimate of drug-likeness (QED) is 0.0341. The van der Waals surface area contributed by atoms with Gasteiger partial charge in [0.15, 0.2) is 11.6 Å². The van der Waals surface area contributed by atoms with Crippen molar-refractivity contribution in [2.75, 3.05) is 31.5 Å². The Morgan fingerprint density at radius 2 is 1.43 bits per heavy atom. The highest BCUT2D eigenvalue weighted by atomic mass is 19.4. The molecular weight excluding hydrogens is 918 g/mol. The minimum atomic E-state index is -5.22. The van der Waals surface area contributed by atoms with Crippen LogP contribution < -0.4 is 42.4 Å². The maximum Gasteiger partial charge on any atom is 0.491 e. The van der Waals surface area contributed by atoms with Gasteiger partial charge in [0.2, 0.25) is 35.4 Å². The van der Waals surface area contributed by atoms with E-state index in [-0.39, 0.29) is 55.7 Å². The molecule has 21 heteroatoms. The zero-order chi connectivity index (χ0) is 51.3. The zero-order valence-corrected chi connectivity index (χ0v) is 39.3. The number of nitrogens with one attached hydrogen (secondary N) is 6. The Morgan fingerprint density at radius 1 is 0.771 bits per heavy atom. The third-order valence-electron chi connectivity index (χ3n) is 11.6. The fourth-order valence-corrected chi connectivity index (χ4v) is 8.10. The van der Waals surface area contributed by atoms with E-state index in [4.69, 9.17) is 5.73 Å². The first-order valence-electron chi connectivity index (χ1n) is 23.1. The number of rotatable bonds is 22. The Morgan fingerprint density at radius 3 is 2.07 bits per heavy atom. The molecule has 0 aromatic heterocycles. The second-order valence-corrected chi connectivity index (χ2v) is 17.6. The van der Waals surface area contributed by atoms with Crippen molar-refractivity contribution in [2.24, 2.45) is 11.7 Å². The molecule has 3 aromatic carbocycles. The number of esters is 1. The minimum Gasteiger partial charge on any atom is -0.420 e. The molecule has 0 unspecified atom stereocenters. The summed E-state index contributed by atoms with van der Waals surface area (Å²) in [7, 11) is 0. The van der Waals surface area contributed by atoms with Crippen LogP contribution in [0.5, 0.6) is 5.75 Å². The maximum absolute atomic E-state index is 14.0. The second kappa shape index (κ2) is 24.4. The van der Waals surface area contributed by atoms with E-state index in [2.05, 4.69) is 36.6 Å². The van der Waals surface area contributed by atoms with Crippen LogP contribution in [0.4, 0.5) is 18.9 Å². The van der Waals surface area contributed by atoms with Crippen LogP contribution >= 0.6 is 0 Å². The summed E-state index contributed by atoms with van der Waals surface area (Å²) in [6, 6.07) is 11.1. The number of alkyl halides is 3. The number of ketones is 2. The number of ether oxygens (including phenoxy) is 1. The number of carbonyl (C=O) groups excluding carboxylic acids is 9. The lowest BCUT2D eigenvalue weighted by Crippen LogP contribution is -2.57. The van der Waals surface area contributed by atoms with E-state index in [1.807, 2.05) is 13.8 Å². The number of fused-ring (bicyclic) bond motifs is 2. The molecule has 5 rings (SSSR count). The summed E-state index contributed by atoms with van der Waals surface area (Å²) in [5.41, 5.74) is 7.87. The highest BCUT2D eigenvalue weighted by Gasteiger charge is 2.42. The van der Waals surface area contributed by atoms with Crippen molar-refractivity contribution in [3.05, 3.63) is 94.5 Å². The van der Waals surface area contributed by atoms with Gasteiger partial charge in [0.05, 0.1) is 18.2 Å². The molecule has 8 N–H and O–H groups in total. The molecule has 0 radical (unpaired) electrons. The van der Waals surface area contributed by atoms with Gasteiger partial charge in [0.25, 0.3) is 0 Å². The average Bonchev–Trinajstić information content (AvgIpc) is 3.82. The Hall–Kier alpha value is -7.16. The normalized spacial score (nSPS) is 15.9. The molecule has 1 heterocycles. The first-order chi connectivity index (χ1) is 33.2. The van der Waals surface area contributed by atoms with E-state index >= 15 is 0 Å². The number of halogens is 3. The van der Waals surface area contributed by atoms with E-state index in [1.54, 1.807) is 49.4 Å². The summed E-state index contributed by atoms with van der Waals surface area (Å²) in [4.78, 5) is 120. The smallest absolute Gasteiger partial charge is 0.420 e. The molecule has 18 nitrogen and oxygen atoms in total. The number of nitrogens with two attached hydrogens (primary N) is 1. The molecule has 1 saturated heterocycles. The third-order valence-corrected chi connectivity index (χ3v) is 11.6. The third kappa shape index (κ3) is 14.2. The number of hydrogen-bond donors (Lipinski definition) is 7. The summed E-state index contributed by atoms with van der Waals surface area (Å²) >= 11 is 0. The number of benzene rings is 3. The van der Waals surface area contributed by atoms with E-state index in [1.165, 1.54) is 24.0 Å². The van der Waals surface area contributed by atoms with Gasteiger partial charge < -0.3 is 47.3 Å². The Bertz CT molecular complexity index is 2450. The van der Waals surface area contributed by atoms with Crippen molar-refractivity contribution in [2.45, 2.75) is 109 Å². The number of anilines is 1. The lowest BCUT2D eigenvalue weighted by molar-refractivity contribution is -0.189. The first kappa shape index (κ1) is 53.8. The summed E-state index contributed by atoms with van der Waals surface area (Å²) in [6.45, 7) is 7.16. The predicted octanol–water partition coefficient (Wildman–Crippen LogP) is 2.85. The van der Waals surface area contributed by atoms with Gasteiger partial charge in [-0.3, -0.25) is 38.4 Å². The van der Waals surface area contributed by atoms with Gasteiger partial charge in [0.1, 0.15) is 29.9 Å². The van der Waals surface area contributed by atoms with Crippen molar-refractivity contribution in [1.29, 1.82) is 0 Å². The maximum atomic E-state index is 14.0. The van der Waals surface area contributed by atoms with E-state index < -0.39 is 84.2 Å². The second-order valence-electron chi connectivity index (χ2n) is 17.6. The standard InChI is InChI=1S/C49H59F3N8O10/c1-5-11-35(58-45(66)36(59-43(64)28(4)53)25-29-17-19-30(20-18-29)70-48(69)49(50,51)52)44(65)56-26-39(61)57-37(24-27(2)3)47(68)60-23-9-16-38(60)46(67)55-22-10-21-54-34-15-8-14-33-40(34)42(63)32-13-7-6-12-31(32)41(33)62/h6-8,12-15,17-20,27-28,35-38,54H,5,9-11,16,21-26,53H2,1-4H3,(H,55,67)(H,56,65)(H,57,61)(H,58,66)(H,59,64)/t28-,35-,36-,37-,38-/m0/s1. The van der Waals surface area contributed by atoms with Crippen LogP contribution in [0.25, 0.3) is 0 Å². The molecule has 1 aliphatic heterocycles. The van der Waals surface area contributed by atoms with Crippen molar-refractivity contribution in [3.63, 3.8) is 0 Å². The van der Waals surface area contributed by atoms with Gasteiger partial charge in [0, 0.05) is 48.4 Å². The van der Waals surface area contributed by atoms with Crippen molar-refractivity contribution in [1.82, 2.24) is 31.5 Å². The van der Waals surface area contributed by atoms with Gasteiger partial charge in [-0.05, 0) is 68.7 Å². The molecule has 6 amide bonds. The van der Waals surface area contributed by atoms with Gasteiger partial charge in [-0.15, -0.1) is 0 Å². The van der Waals surface area contributed by atoms with Crippen LogP contribution in [0, 0.1) is 5.92 Å². The Balaban J connectivity index is 1.13. The first-order valence-corrected chi connectivity index (χ1v) is 23.1. The van der Waals surface area contributed by atoms with Gasteiger partial charge in [-0.1, -0.05) is 75.7 Å². The van der Waals surface area contributed by atoms with E-state index in [9.17, 15) is 56.3 Å². The number of nitrogens with zero attached hydrogens (tertiary/aromatic N) is 1. The molecule has 1 fully saturated rings. The molecule has 0 saturated carbocycles. The fourth-order valence-electron chi connectivity index (χ4n) is 8.10. The van der Waals surface area contributed by atoms with Gasteiger partial charge >= 0.3 is 12.1 Å². The van der Waals surface area contributed by atoms with Crippen LogP contribution in [0.2, 0.25) is 0 Å². The predicted molar refractivity (Wildman–Crippen MR) is 249 cm³/mol. The molecule has 0 bridgehead atoms. The highest BCUT2D eigenvalue weighted by Crippen LogP contribution is 2.32. The summed E-state index contributed by atoms with van der Waals surface area (Å²) in [6.07, 6.45) is -3.28. The van der Waals surface area contributed by atoms with Crippen LogP contribution in [0.3, 0.4) is 0 Å². The number of carbonyl (C=O) groups is 9. The topological polar surface area (TPSA) is 264 Å². The van der Waals surface area contributed by atoms with Gasteiger partial charge in [-0.2, -0.15) is 13.2 Å². The lowest BCUT2D eigenvalue weighted by atomic mass is 9.83. The fraction of sp³-hybridized carbons (Fsp3) is 0.449. The van der Waals surface area contributed by atoms with Crippen LogP contribution in [0.1, 0.15) is 104 Å². The Kier molecular flexibility index (Phi) is 18.8. The average molecular weight is 977 g/mol. The SMILES string of the molecule is CCC[C@H](NC(=O)[C@H](Cc1ccc(OC(=O)C(F)(F)F)cc1)NC(=O)[C@H](C)N)C(=O)NCC(=O)N[C@@H](CC(C)C)C(=O)N1CCC[C@H]1C(=O)NCCCNc1cccc2c1C(=O)c1ccccc1C2=O. The van der Waals surface area contributed by atoms with E-state index in [0.717, 1.165) is 12.1 Å². The lowest BCUT2D eigenvalue weighted by Gasteiger charge is -2.29. The molecule has 3 aromatic rings. The molecule has 376 valence electrons. The monoisotopic (exact) mass is 976 g/mol. The number of likely N-dealkylation sites (tertiary alicyclic amines) is 1. The summed E-state index contributed by atoms with van der Waals surface area (Å²) in [5, 5.41) is 16.4. The van der Waals surface area contributed by atoms with Gasteiger partial charge in [-0.25, -0.2) is 4.79 Å². The van der Waals surface area contributed by atoms with Crippen molar-refractivity contribution in [3.8, 4) is 5.75 Å². The molecule has 70 heavy (non-hydrogen) atoms. The summed E-state index contributed by atoms with van der Waals surface area (Å²) < 4.78 is 42.3. The molecule has 2 aliphatic rings. The van der Waals surface area contributed by atoms with E-state index in [0.29, 0.717) is 65.7 Å². The number of amides is 6. The highest BCUT2D eigenvalue weighted by molar-refractivity contribution is 6.30. The molecule has 1 aliphatic carbocycles. The van der Waals surface area contributed by atoms with Crippen molar-refractivity contribution >= 4 is 58.7 Å². The van der Waals surface area contributed by atoms with Crippen LogP contribution in [-0.2, 0) is 40.0 Å². The summed E-state index contributed by atoms with van der Waals surface area (Å²) in [5.74, 6) is -7.17. The Labute approximate surface area is 402 Å². The van der Waals surface area contributed by atoms with Crippen molar-refractivity contribution < 1.29 is 61.1 Å². The molecular formula is C49H59F3N8O10.